The Morgan fingerprint density at radius 1 is 1.53 bits per heavy atom. The summed E-state index contributed by atoms with van der Waals surface area (Å²) in [5, 5.41) is 17.3. The molecule has 6 nitrogen and oxygen atoms in total. The van der Waals surface area contributed by atoms with E-state index in [1.54, 1.807) is 18.2 Å². The number of carbonyl (C=O) groups is 1. The number of fused-ring (bicyclic) bond motifs is 1. The lowest BCUT2D eigenvalue weighted by molar-refractivity contribution is 0.00405. The van der Waals surface area contributed by atoms with Crippen molar-refractivity contribution >= 4 is 17.0 Å². The molecule has 6 heteroatoms. The van der Waals surface area contributed by atoms with Gasteiger partial charge in [-0.05, 0) is 38.0 Å². The first-order valence-electron chi connectivity index (χ1n) is 6.35. The molecule has 1 aliphatic rings. The molecule has 0 bridgehead atoms. The van der Waals surface area contributed by atoms with E-state index in [2.05, 4.69) is 10.3 Å². The third-order valence-electron chi connectivity index (χ3n) is 3.52. The highest BCUT2D eigenvalue weighted by Crippen LogP contribution is 2.27. The number of benzene rings is 1. The summed E-state index contributed by atoms with van der Waals surface area (Å²) in [4.78, 5) is 11.0. The van der Waals surface area contributed by atoms with Crippen molar-refractivity contribution in [1.82, 2.24) is 15.0 Å². The molecule has 2 unspecified atom stereocenters. The maximum absolute atomic E-state index is 11.0. The molecule has 1 fully saturated rings. The fraction of sp³-hybridized carbons (Fsp3) is 0.462. The summed E-state index contributed by atoms with van der Waals surface area (Å²) in [6, 6.07) is 5.11. The van der Waals surface area contributed by atoms with Crippen molar-refractivity contribution in [1.29, 1.82) is 0 Å². The molecule has 1 aromatic carbocycles. The maximum Gasteiger partial charge on any atom is 0.335 e. The molecule has 0 aliphatic carbocycles. The molecule has 1 saturated heterocycles. The second-order valence-corrected chi connectivity index (χ2v) is 4.90. The first kappa shape index (κ1) is 12.1. The van der Waals surface area contributed by atoms with E-state index < -0.39 is 5.97 Å². The molecule has 1 aliphatic heterocycles. The van der Waals surface area contributed by atoms with Crippen LogP contribution in [0.3, 0.4) is 0 Å². The van der Waals surface area contributed by atoms with Gasteiger partial charge in [0, 0.05) is 6.61 Å². The van der Waals surface area contributed by atoms with Crippen molar-refractivity contribution in [2.45, 2.75) is 31.9 Å². The van der Waals surface area contributed by atoms with Gasteiger partial charge in [0.2, 0.25) is 0 Å². The summed E-state index contributed by atoms with van der Waals surface area (Å²) in [6.07, 6.45) is 1.94. The normalized spacial score (nSPS) is 23.6. The van der Waals surface area contributed by atoms with Crippen LogP contribution in [0, 0.1) is 0 Å². The Kier molecular flexibility index (Phi) is 2.94. The average molecular weight is 261 g/mol. The van der Waals surface area contributed by atoms with Gasteiger partial charge in [0.15, 0.2) is 0 Å². The van der Waals surface area contributed by atoms with Crippen molar-refractivity contribution in [3.8, 4) is 0 Å². The van der Waals surface area contributed by atoms with Crippen LogP contribution in [0.2, 0.25) is 0 Å². The minimum Gasteiger partial charge on any atom is -0.478 e. The predicted molar refractivity (Wildman–Crippen MR) is 68.2 cm³/mol. The average Bonchev–Trinajstić information content (AvgIpc) is 2.81. The summed E-state index contributed by atoms with van der Waals surface area (Å²) >= 11 is 0. The van der Waals surface area contributed by atoms with E-state index in [1.165, 1.54) is 0 Å². The van der Waals surface area contributed by atoms with Gasteiger partial charge in [0.1, 0.15) is 5.52 Å². The number of hydrogen-bond acceptors (Lipinski definition) is 4. The van der Waals surface area contributed by atoms with Crippen molar-refractivity contribution in [2.24, 2.45) is 0 Å². The van der Waals surface area contributed by atoms with Crippen molar-refractivity contribution in [3.05, 3.63) is 23.8 Å². The van der Waals surface area contributed by atoms with E-state index >= 15 is 0 Å². The van der Waals surface area contributed by atoms with E-state index in [0.29, 0.717) is 6.61 Å². The number of ether oxygens (including phenoxy) is 1. The summed E-state index contributed by atoms with van der Waals surface area (Å²) < 4.78 is 7.36. The molecule has 3 rings (SSSR count). The van der Waals surface area contributed by atoms with E-state index in [4.69, 9.17) is 9.84 Å². The van der Waals surface area contributed by atoms with Gasteiger partial charge in [-0.25, -0.2) is 9.48 Å². The van der Waals surface area contributed by atoms with Crippen LogP contribution in [-0.2, 0) is 4.74 Å². The Bertz CT molecular complexity index is 623. The molecule has 2 aromatic rings. The second kappa shape index (κ2) is 4.62. The number of rotatable bonds is 2. The van der Waals surface area contributed by atoms with E-state index in [0.717, 1.165) is 23.9 Å². The lowest BCUT2D eigenvalue weighted by Crippen LogP contribution is -2.26. The molecule has 19 heavy (non-hydrogen) atoms. The maximum atomic E-state index is 11.0. The van der Waals surface area contributed by atoms with Gasteiger partial charge in [0.25, 0.3) is 0 Å². The predicted octanol–water partition coefficient (Wildman–Crippen LogP) is 1.87. The fourth-order valence-electron chi connectivity index (χ4n) is 2.54. The monoisotopic (exact) mass is 261 g/mol. The van der Waals surface area contributed by atoms with Crippen LogP contribution in [-0.4, -0.2) is 38.8 Å². The largest absolute Gasteiger partial charge is 0.478 e. The number of carboxylic acids is 1. The third-order valence-corrected chi connectivity index (χ3v) is 3.52. The zero-order chi connectivity index (χ0) is 13.4. The van der Waals surface area contributed by atoms with Crippen LogP contribution >= 0.6 is 0 Å². The highest BCUT2D eigenvalue weighted by Gasteiger charge is 2.23. The van der Waals surface area contributed by atoms with Crippen LogP contribution in [0.1, 0.15) is 36.2 Å². The molecular formula is C13H15N3O3. The molecule has 0 spiro atoms. The Balaban J connectivity index is 2.03. The third kappa shape index (κ3) is 2.19. The molecule has 1 N–H and O–H groups in total. The van der Waals surface area contributed by atoms with E-state index in [9.17, 15) is 4.79 Å². The Morgan fingerprint density at radius 3 is 3.11 bits per heavy atom. The Labute approximate surface area is 110 Å². The topological polar surface area (TPSA) is 77.2 Å². The van der Waals surface area contributed by atoms with E-state index in [-0.39, 0.29) is 17.7 Å². The van der Waals surface area contributed by atoms with Crippen LogP contribution in [0.15, 0.2) is 18.2 Å². The minimum atomic E-state index is -0.935. The van der Waals surface area contributed by atoms with Crippen molar-refractivity contribution in [3.63, 3.8) is 0 Å². The summed E-state index contributed by atoms with van der Waals surface area (Å²) in [7, 11) is 0. The zero-order valence-electron chi connectivity index (χ0n) is 10.6. The van der Waals surface area contributed by atoms with Gasteiger partial charge in [-0.2, -0.15) is 0 Å². The first-order valence-corrected chi connectivity index (χ1v) is 6.35. The summed E-state index contributed by atoms with van der Waals surface area (Å²) in [5.74, 6) is -0.935. The van der Waals surface area contributed by atoms with Gasteiger partial charge in [-0.15, -0.1) is 5.10 Å². The fourth-order valence-corrected chi connectivity index (χ4v) is 2.54. The van der Waals surface area contributed by atoms with Gasteiger partial charge in [-0.1, -0.05) is 5.21 Å². The molecular weight excluding hydrogens is 246 g/mol. The quantitative estimate of drug-likeness (QED) is 0.893. The van der Waals surface area contributed by atoms with Gasteiger partial charge < -0.3 is 9.84 Å². The summed E-state index contributed by atoms with van der Waals surface area (Å²) in [5.41, 5.74) is 1.76. The molecule has 2 atom stereocenters. The van der Waals surface area contributed by atoms with Crippen molar-refractivity contribution in [2.75, 3.05) is 6.61 Å². The zero-order valence-corrected chi connectivity index (χ0v) is 10.6. The number of nitrogens with zero attached hydrogens (tertiary/aromatic N) is 3. The highest BCUT2D eigenvalue weighted by molar-refractivity contribution is 5.92. The van der Waals surface area contributed by atoms with Crippen LogP contribution in [0.4, 0.5) is 0 Å². The van der Waals surface area contributed by atoms with Crippen LogP contribution in [0.25, 0.3) is 11.0 Å². The standard InChI is InChI=1S/C13H15N3O3/c1-8-6-10(4-5-19-8)16-12-7-9(13(17)18)2-3-11(12)14-15-16/h2-3,7-8,10H,4-6H2,1H3,(H,17,18). The number of hydrogen-bond donors (Lipinski definition) is 1. The van der Waals surface area contributed by atoms with Gasteiger partial charge in [-0.3, -0.25) is 0 Å². The second-order valence-electron chi connectivity index (χ2n) is 4.90. The smallest absolute Gasteiger partial charge is 0.335 e. The van der Waals surface area contributed by atoms with Gasteiger partial charge in [0.05, 0.1) is 23.2 Å². The lowest BCUT2D eigenvalue weighted by Gasteiger charge is -2.27. The van der Waals surface area contributed by atoms with Crippen LogP contribution < -0.4 is 0 Å². The molecule has 2 heterocycles. The molecule has 0 amide bonds. The molecule has 1 aromatic heterocycles. The molecule has 0 saturated carbocycles. The van der Waals surface area contributed by atoms with Crippen molar-refractivity contribution < 1.29 is 14.6 Å². The lowest BCUT2D eigenvalue weighted by atomic mass is 10.0. The number of carboxylic acid groups (broad SMARTS) is 1. The van der Waals surface area contributed by atoms with Crippen LogP contribution in [0.5, 0.6) is 0 Å². The minimum absolute atomic E-state index is 0.195. The Hall–Kier alpha value is -1.95. The van der Waals surface area contributed by atoms with E-state index in [1.807, 2.05) is 11.6 Å². The Morgan fingerprint density at radius 2 is 2.37 bits per heavy atom. The van der Waals surface area contributed by atoms with Gasteiger partial charge >= 0.3 is 5.97 Å². The molecule has 100 valence electrons. The number of aromatic nitrogens is 3. The first-order chi connectivity index (χ1) is 9.15. The SMILES string of the molecule is CC1CC(n2nnc3ccc(C(=O)O)cc32)CCO1. The summed E-state index contributed by atoms with van der Waals surface area (Å²) in [6.45, 7) is 2.74. The molecule has 0 radical (unpaired) electrons. The highest BCUT2D eigenvalue weighted by atomic mass is 16.5. The number of aromatic carboxylic acids is 1.